The van der Waals surface area contributed by atoms with Crippen molar-refractivity contribution in [2.75, 3.05) is 13.1 Å². The van der Waals surface area contributed by atoms with Crippen LogP contribution in [0.15, 0.2) is 54.6 Å². The van der Waals surface area contributed by atoms with Gasteiger partial charge in [-0.25, -0.2) is 4.98 Å². The fraction of sp³-hybridized carbons (Fsp3) is 0.318. The fourth-order valence-electron chi connectivity index (χ4n) is 3.81. The molecule has 1 N–H and O–H groups in total. The minimum Gasteiger partial charge on any atom is -0.317 e. The summed E-state index contributed by atoms with van der Waals surface area (Å²) >= 11 is 6.87. The van der Waals surface area contributed by atoms with Crippen molar-refractivity contribution >= 4 is 22.5 Å². The minimum absolute atomic E-state index is 0.796. The Morgan fingerprint density at radius 3 is 2.48 bits per heavy atom. The van der Waals surface area contributed by atoms with Crippen LogP contribution in [0.25, 0.3) is 22.2 Å². The van der Waals surface area contributed by atoms with Crippen molar-refractivity contribution in [3.05, 3.63) is 65.2 Å². The molecule has 3 heteroatoms. The Balaban J connectivity index is 1.74. The van der Waals surface area contributed by atoms with Gasteiger partial charge in [-0.15, -0.1) is 0 Å². The zero-order valence-electron chi connectivity index (χ0n) is 14.3. The molecular weight excluding hydrogens is 328 g/mol. The molecule has 128 valence electrons. The van der Waals surface area contributed by atoms with Gasteiger partial charge in [-0.05, 0) is 56.3 Å². The first kappa shape index (κ1) is 16.6. The monoisotopic (exact) mass is 350 g/mol. The third kappa shape index (κ3) is 3.56. The predicted octanol–water partition coefficient (Wildman–Crippen LogP) is 5.49. The summed E-state index contributed by atoms with van der Waals surface area (Å²) in [6.45, 7) is 2.29. The summed E-state index contributed by atoms with van der Waals surface area (Å²) in [6, 6.07) is 18.6. The zero-order valence-corrected chi connectivity index (χ0v) is 15.1. The highest BCUT2D eigenvalue weighted by atomic mass is 35.5. The van der Waals surface area contributed by atoms with E-state index in [-0.39, 0.29) is 0 Å². The number of rotatable bonds is 4. The third-order valence-corrected chi connectivity index (χ3v) is 5.65. The molecule has 2 aromatic carbocycles. The number of nitrogens with one attached hydrogen (secondary N) is 1. The van der Waals surface area contributed by atoms with Crippen molar-refractivity contribution in [3.8, 4) is 11.3 Å². The van der Waals surface area contributed by atoms with Gasteiger partial charge < -0.3 is 5.32 Å². The van der Waals surface area contributed by atoms with Crippen LogP contribution in [0.1, 0.15) is 24.8 Å². The molecule has 2 heterocycles. The molecule has 0 atom stereocenters. The summed E-state index contributed by atoms with van der Waals surface area (Å²) in [7, 11) is 0. The van der Waals surface area contributed by atoms with E-state index < -0.39 is 0 Å². The second-order valence-corrected chi connectivity index (χ2v) is 7.25. The first-order chi connectivity index (χ1) is 12.3. The standard InChI is InChI=1S/C22H23ClN2/c23-21-19(11-10-16-12-14-24-15-13-16)18-8-4-5-9-20(18)25-22(21)17-6-2-1-3-7-17/h1-9,16,24H,10-15H2. The molecule has 4 rings (SSSR count). The first-order valence-corrected chi connectivity index (χ1v) is 9.54. The Bertz CT molecular complexity index is 855. The number of aryl methyl sites for hydroxylation is 1. The van der Waals surface area contributed by atoms with Gasteiger partial charge in [0.1, 0.15) is 0 Å². The smallest absolute Gasteiger partial charge is 0.0898 e. The molecule has 0 spiro atoms. The van der Waals surface area contributed by atoms with Crippen molar-refractivity contribution in [2.24, 2.45) is 5.92 Å². The van der Waals surface area contributed by atoms with Crippen molar-refractivity contribution in [1.29, 1.82) is 0 Å². The van der Waals surface area contributed by atoms with E-state index in [4.69, 9.17) is 16.6 Å². The van der Waals surface area contributed by atoms with Crippen LogP contribution in [0.5, 0.6) is 0 Å². The van der Waals surface area contributed by atoms with Crippen molar-refractivity contribution in [2.45, 2.75) is 25.7 Å². The number of benzene rings is 2. The molecular formula is C22H23ClN2. The summed E-state index contributed by atoms with van der Waals surface area (Å²) in [5.41, 5.74) is 4.28. The van der Waals surface area contributed by atoms with Gasteiger partial charge in [-0.2, -0.15) is 0 Å². The molecule has 2 nitrogen and oxygen atoms in total. The quantitative estimate of drug-likeness (QED) is 0.673. The fourth-order valence-corrected chi connectivity index (χ4v) is 4.16. The van der Waals surface area contributed by atoms with Crippen molar-refractivity contribution in [1.82, 2.24) is 10.3 Å². The molecule has 3 aromatic rings. The lowest BCUT2D eigenvalue weighted by Gasteiger charge is -2.23. The molecule has 1 saturated heterocycles. The van der Waals surface area contributed by atoms with Crippen LogP contribution in [0.4, 0.5) is 0 Å². The average Bonchev–Trinajstić information content (AvgIpc) is 2.68. The number of hydrogen-bond acceptors (Lipinski definition) is 2. The third-order valence-electron chi connectivity index (χ3n) is 5.24. The number of hydrogen-bond donors (Lipinski definition) is 1. The molecule has 25 heavy (non-hydrogen) atoms. The van der Waals surface area contributed by atoms with Crippen LogP contribution in [0.2, 0.25) is 5.02 Å². The van der Waals surface area contributed by atoms with E-state index >= 15 is 0 Å². The van der Waals surface area contributed by atoms with Crippen molar-refractivity contribution in [3.63, 3.8) is 0 Å². The second kappa shape index (κ2) is 7.55. The molecule has 0 unspecified atom stereocenters. The zero-order chi connectivity index (χ0) is 17.1. The van der Waals surface area contributed by atoms with Crippen LogP contribution >= 0.6 is 11.6 Å². The first-order valence-electron chi connectivity index (χ1n) is 9.16. The Kier molecular flexibility index (Phi) is 5.00. The minimum atomic E-state index is 0.796. The van der Waals surface area contributed by atoms with Crippen LogP contribution < -0.4 is 5.32 Å². The SMILES string of the molecule is Clc1c(-c2ccccc2)nc2ccccc2c1CCC1CCNCC1. The largest absolute Gasteiger partial charge is 0.317 e. The molecule has 0 aliphatic carbocycles. The second-order valence-electron chi connectivity index (χ2n) is 6.87. The van der Waals surface area contributed by atoms with Gasteiger partial charge in [0.15, 0.2) is 0 Å². The molecule has 1 aliphatic rings. The number of nitrogens with zero attached hydrogens (tertiary/aromatic N) is 1. The van der Waals surface area contributed by atoms with E-state index in [1.165, 1.54) is 30.2 Å². The van der Waals surface area contributed by atoms with Gasteiger partial charge in [0, 0.05) is 10.9 Å². The van der Waals surface area contributed by atoms with E-state index in [0.717, 1.165) is 47.2 Å². The van der Waals surface area contributed by atoms with E-state index in [1.54, 1.807) is 0 Å². The highest BCUT2D eigenvalue weighted by molar-refractivity contribution is 6.34. The normalized spacial score (nSPS) is 15.6. The molecule has 1 fully saturated rings. The molecule has 0 saturated carbocycles. The van der Waals surface area contributed by atoms with Crippen molar-refractivity contribution < 1.29 is 0 Å². The molecule has 0 radical (unpaired) electrons. The average molecular weight is 351 g/mol. The highest BCUT2D eigenvalue weighted by Gasteiger charge is 2.18. The molecule has 0 bridgehead atoms. The topological polar surface area (TPSA) is 24.9 Å². The van der Waals surface area contributed by atoms with E-state index in [2.05, 4.69) is 41.7 Å². The van der Waals surface area contributed by atoms with E-state index in [1.807, 2.05) is 18.2 Å². The summed E-state index contributed by atoms with van der Waals surface area (Å²) < 4.78 is 0. The molecule has 1 aliphatic heterocycles. The van der Waals surface area contributed by atoms with Crippen LogP contribution in [-0.4, -0.2) is 18.1 Å². The lowest BCUT2D eigenvalue weighted by Crippen LogP contribution is -2.27. The summed E-state index contributed by atoms with van der Waals surface area (Å²) in [6.07, 6.45) is 4.76. The number of pyridine rings is 1. The van der Waals surface area contributed by atoms with Gasteiger partial charge >= 0.3 is 0 Å². The van der Waals surface area contributed by atoms with Crippen LogP contribution in [-0.2, 0) is 6.42 Å². The molecule has 0 amide bonds. The maximum absolute atomic E-state index is 6.87. The summed E-state index contributed by atoms with van der Waals surface area (Å²) in [4.78, 5) is 4.86. The maximum Gasteiger partial charge on any atom is 0.0898 e. The maximum atomic E-state index is 6.87. The Labute approximate surface area is 154 Å². The number of halogens is 1. The summed E-state index contributed by atoms with van der Waals surface area (Å²) in [5.74, 6) is 0.796. The number of piperidine rings is 1. The number of para-hydroxylation sites is 1. The van der Waals surface area contributed by atoms with Gasteiger partial charge in [-0.3, -0.25) is 0 Å². The van der Waals surface area contributed by atoms with Gasteiger partial charge in [0.05, 0.1) is 16.2 Å². The van der Waals surface area contributed by atoms with Gasteiger partial charge in [0.25, 0.3) is 0 Å². The van der Waals surface area contributed by atoms with E-state index in [9.17, 15) is 0 Å². The van der Waals surface area contributed by atoms with Crippen LogP contribution in [0, 0.1) is 5.92 Å². The predicted molar refractivity (Wildman–Crippen MR) is 106 cm³/mol. The highest BCUT2D eigenvalue weighted by Crippen LogP contribution is 2.35. The summed E-state index contributed by atoms with van der Waals surface area (Å²) in [5, 5.41) is 5.46. The van der Waals surface area contributed by atoms with Crippen LogP contribution in [0.3, 0.4) is 0 Å². The Morgan fingerprint density at radius 1 is 0.960 bits per heavy atom. The lowest BCUT2D eigenvalue weighted by molar-refractivity contribution is 0.354. The van der Waals surface area contributed by atoms with E-state index in [0.29, 0.717) is 0 Å². The van der Waals surface area contributed by atoms with Gasteiger partial charge in [-0.1, -0.05) is 60.1 Å². The number of aromatic nitrogens is 1. The Hall–Kier alpha value is -1.90. The molecule has 1 aromatic heterocycles. The Morgan fingerprint density at radius 2 is 1.68 bits per heavy atom. The lowest BCUT2D eigenvalue weighted by atomic mass is 9.90. The van der Waals surface area contributed by atoms with Gasteiger partial charge in [0.2, 0.25) is 0 Å². The number of fused-ring (bicyclic) bond motifs is 1.